The van der Waals surface area contributed by atoms with E-state index in [1.165, 1.54) is 13.2 Å². The minimum absolute atomic E-state index is 0.235. The van der Waals surface area contributed by atoms with E-state index in [0.717, 1.165) is 6.07 Å². The van der Waals surface area contributed by atoms with Crippen LogP contribution in [-0.4, -0.2) is 19.8 Å². The van der Waals surface area contributed by atoms with Gasteiger partial charge in [0.2, 0.25) is 0 Å². The van der Waals surface area contributed by atoms with Crippen molar-refractivity contribution in [3.8, 4) is 11.5 Å². The number of carbonyl (C=O) groups excluding carboxylic acids is 1. The molecule has 2 rings (SSSR count). The zero-order valence-corrected chi connectivity index (χ0v) is 16.1. The summed E-state index contributed by atoms with van der Waals surface area (Å²) in [6.45, 7) is 5.20. The van der Waals surface area contributed by atoms with Gasteiger partial charge in [-0.3, -0.25) is 5.32 Å². The van der Waals surface area contributed by atoms with E-state index in [1.807, 2.05) is 0 Å². The highest BCUT2D eigenvalue weighted by molar-refractivity contribution is 5.86. The Morgan fingerprint density at radius 1 is 1.07 bits per heavy atom. The second-order valence-electron chi connectivity index (χ2n) is 6.05. The fraction of sp³-hybridized carbons (Fsp3) is 0.350. The Morgan fingerprint density at radius 2 is 1.75 bits per heavy atom. The lowest BCUT2D eigenvalue weighted by Crippen LogP contribution is -2.15. The number of amides is 1. The number of hydrogen-bond acceptors (Lipinski definition) is 4. The summed E-state index contributed by atoms with van der Waals surface area (Å²) < 4.78 is 55.9. The third-order valence-electron chi connectivity index (χ3n) is 4.13. The van der Waals surface area contributed by atoms with Crippen LogP contribution in [0.4, 0.5) is 23.7 Å². The van der Waals surface area contributed by atoms with Gasteiger partial charge in [-0.15, -0.1) is 0 Å². The average molecular weight is 397 g/mol. The Labute approximate surface area is 161 Å². The molecule has 0 unspecified atom stereocenters. The normalized spacial score (nSPS) is 11.1. The molecule has 0 aliphatic rings. The molecule has 1 amide bonds. The van der Waals surface area contributed by atoms with Gasteiger partial charge >= 0.3 is 12.3 Å². The van der Waals surface area contributed by atoms with Gasteiger partial charge in [-0.25, -0.2) is 4.79 Å². The van der Waals surface area contributed by atoms with Crippen LogP contribution in [-0.2, 0) is 17.5 Å². The summed E-state index contributed by atoms with van der Waals surface area (Å²) >= 11 is 0. The third-order valence-corrected chi connectivity index (χ3v) is 4.13. The molecule has 0 atom stereocenters. The van der Waals surface area contributed by atoms with Gasteiger partial charge in [0.1, 0.15) is 18.1 Å². The molecule has 0 heterocycles. The van der Waals surface area contributed by atoms with Crippen molar-refractivity contribution in [1.82, 2.24) is 0 Å². The lowest BCUT2D eigenvalue weighted by atomic mass is 10.0. The van der Waals surface area contributed by atoms with Crippen LogP contribution in [0, 0.1) is 13.8 Å². The van der Waals surface area contributed by atoms with Gasteiger partial charge in [-0.2, -0.15) is 13.2 Å². The molecule has 0 aromatic heterocycles. The summed E-state index contributed by atoms with van der Waals surface area (Å²) in [6.07, 6.45) is -5.27. The molecule has 0 bridgehead atoms. The van der Waals surface area contributed by atoms with E-state index in [4.69, 9.17) is 9.47 Å². The number of anilines is 1. The summed E-state index contributed by atoms with van der Waals surface area (Å²) in [5.74, 6) is 0.111. The van der Waals surface area contributed by atoms with E-state index >= 15 is 0 Å². The maximum atomic E-state index is 13.4. The fourth-order valence-corrected chi connectivity index (χ4v) is 2.56. The van der Waals surface area contributed by atoms with E-state index in [9.17, 15) is 18.0 Å². The maximum absolute atomic E-state index is 13.4. The molecule has 0 aliphatic heterocycles. The van der Waals surface area contributed by atoms with Crippen molar-refractivity contribution in [1.29, 1.82) is 0 Å². The number of nitrogens with one attached hydrogen (secondary N) is 1. The molecule has 0 saturated carbocycles. The Hall–Kier alpha value is -2.90. The van der Waals surface area contributed by atoms with Crippen molar-refractivity contribution in [2.75, 3.05) is 19.0 Å². The number of carbonyl (C=O) groups is 1. The van der Waals surface area contributed by atoms with E-state index < -0.39 is 17.8 Å². The Bertz CT molecular complexity index is 850. The van der Waals surface area contributed by atoms with Crippen LogP contribution >= 0.6 is 0 Å². The molecule has 2 aromatic rings. The number of methoxy groups -OCH3 is 1. The van der Waals surface area contributed by atoms with E-state index in [1.54, 1.807) is 39.0 Å². The standard InChI is InChI=1S/C20H22F3NO4/c1-5-27-17-8-6-7-16(24-19(25)26-4)14(17)11-28-18-10-13(3)12(2)9-15(18)20(21,22)23/h6-10H,5,11H2,1-4H3,(H,24,25). The fourth-order valence-electron chi connectivity index (χ4n) is 2.56. The maximum Gasteiger partial charge on any atom is 0.419 e. The van der Waals surface area contributed by atoms with Gasteiger partial charge in [0, 0.05) is 0 Å². The Balaban J connectivity index is 2.41. The zero-order chi connectivity index (χ0) is 20.9. The quantitative estimate of drug-likeness (QED) is 0.701. The highest BCUT2D eigenvalue weighted by Crippen LogP contribution is 2.39. The van der Waals surface area contributed by atoms with Crippen molar-refractivity contribution in [3.63, 3.8) is 0 Å². The van der Waals surface area contributed by atoms with Gasteiger partial charge in [0.15, 0.2) is 0 Å². The van der Waals surface area contributed by atoms with Gasteiger partial charge < -0.3 is 14.2 Å². The number of alkyl halides is 3. The lowest BCUT2D eigenvalue weighted by molar-refractivity contribution is -0.139. The summed E-state index contributed by atoms with van der Waals surface area (Å²) in [4.78, 5) is 11.6. The monoisotopic (exact) mass is 397 g/mol. The van der Waals surface area contributed by atoms with Crippen molar-refractivity contribution < 1.29 is 32.2 Å². The molecule has 1 N–H and O–H groups in total. The minimum atomic E-state index is -4.56. The summed E-state index contributed by atoms with van der Waals surface area (Å²) in [6, 6.07) is 7.30. The predicted molar refractivity (Wildman–Crippen MR) is 98.9 cm³/mol. The van der Waals surface area contributed by atoms with Crippen LogP contribution in [0.3, 0.4) is 0 Å². The van der Waals surface area contributed by atoms with Gasteiger partial charge in [0.05, 0.1) is 30.5 Å². The average Bonchev–Trinajstić information content (AvgIpc) is 2.62. The summed E-state index contributed by atoms with van der Waals surface area (Å²) in [7, 11) is 1.21. The third kappa shape index (κ3) is 5.09. The number of halogens is 3. The SMILES string of the molecule is CCOc1cccc(NC(=O)OC)c1COc1cc(C)c(C)cc1C(F)(F)F. The zero-order valence-electron chi connectivity index (χ0n) is 16.1. The molecule has 28 heavy (non-hydrogen) atoms. The van der Waals surface area contributed by atoms with Crippen molar-refractivity contribution >= 4 is 11.8 Å². The van der Waals surface area contributed by atoms with Gasteiger partial charge in [0.25, 0.3) is 0 Å². The van der Waals surface area contributed by atoms with E-state index in [2.05, 4.69) is 10.1 Å². The number of aryl methyl sites for hydroxylation is 2. The van der Waals surface area contributed by atoms with Crippen LogP contribution in [0.25, 0.3) is 0 Å². The van der Waals surface area contributed by atoms with Crippen molar-refractivity contribution in [3.05, 3.63) is 52.6 Å². The molecule has 5 nitrogen and oxygen atoms in total. The lowest BCUT2D eigenvalue weighted by Gasteiger charge is -2.19. The van der Waals surface area contributed by atoms with Crippen molar-refractivity contribution in [2.24, 2.45) is 0 Å². The highest BCUT2D eigenvalue weighted by Gasteiger charge is 2.35. The molecule has 0 radical (unpaired) electrons. The first-order valence-corrected chi connectivity index (χ1v) is 8.58. The Morgan fingerprint density at radius 3 is 2.36 bits per heavy atom. The summed E-state index contributed by atoms with van der Waals surface area (Å²) in [5.41, 5.74) is 1.07. The first-order valence-electron chi connectivity index (χ1n) is 8.58. The molecule has 0 saturated heterocycles. The minimum Gasteiger partial charge on any atom is -0.493 e. The number of benzene rings is 2. The number of rotatable bonds is 6. The highest BCUT2D eigenvalue weighted by atomic mass is 19.4. The molecule has 2 aromatic carbocycles. The smallest absolute Gasteiger partial charge is 0.419 e. The molecular formula is C20H22F3NO4. The second kappa shape index (κ2) is 8.86. The van der Waals surface area contributed by atoms with Crippen LogP contribution in [0.2, 0.25) is 0 Å². The topological polar surface area (TPSA) is 56.8 Å². The van der Waals surface area contributed by atoms with Gasteiger partial charge in [-0.05, 0) is 56.2 Å². The first kappa shape index (κ1) is 21.4. The molecule has 152 valence electrons. The molecule has 0 aliphatic carbocycles. The van der Waals surface area contributed by atoms with E-state index in [0.29, 0.717) is 34.7 Å². The second-order valence-corrected chi connectivity index (χ2v) is 6.05. The largest absolute Gasteiger partial charge is 0.493 e. The van der Waals surface area contributed by atoms with Crippen LogP contribution < -0.4 is 14.8 Å². The summed E-state index contributed by atoms with van der Waals surface area (Å²) in [5, 5.41) is 2.52. The van der Waals surface area contributed by atoms with Crippen LogP contribution in [0.15, 0.2) is 30.3 Å². The first-order chi connectivity index (χ1) is 13.2. The molecule has 0 fully saturated rings. The molecule has 8 heteroatoms. The number of ether oxygens (including phenoxy) is 3. The van der Waals surface area contributed by atoms with Crippen LogP contribution in [0.1, 0.15) is 29.2 Å². The molecular weight excluding hydrogens is 375 g/mol. The predicted octanol–water partition coefficient (Wildman–Crippen LogP) is 5.48. The Kier molecular flexibility index (Phi) is 6.77. The number of hydrogen-bond donors (Lipinski definition) is 1. The van der Waals surface area contributed by atoms with Crippen LogP contribution in [0.5, 0.6) is 11.5 Å². The molecule has 0 spiro atoms. The van der Waals surface area contributed by atoms with Gasteiger partial charge in [-0.1, -0.05) is 6.07 Å². The van der Waals surface area contributed by atoms with Crippen molar-refractivity contribution in [2.45, 2.75) is 33.6 Å². The van der Waals surface area contributed by atoms with E-state index in [-0.39, 0.29) is 12.4 Å².